The van der Waals surface area contributed by atoms with Gasteiger partial charge in [0.1, 0.15) is 12.6 Å². The highest BCUT2D eigenvalue weighted by molar-refractivity contribution is 5.74. The van der Waals surface area contributed by atoms with Crippen LogP contribution >= 0.6 is 0 Å². The predicted molar refractivity (Wildman–Crippen MR) is 34.2 cm³/mol. The maximum Gasteiger partial charge on any atom is 0.249 e. The molecule has 0 heterocycles. The summed E-state index contributed by atoms with van der Waals surface area (Å²) in [7, 11) is 1.37. The van der Waals surface area contributed by atoms with Crippen LogP contribution in [0.2, 0.25) is 0 Å². The summed E-state index contributed by atoms with van der Waals surface area (Å²) < 4.78 is 0. The van der Waals surface area contributed by atoms with Gasteiger partial charge in [0, 0.05) is 0 Å². The summed E-state index contributed by atoms with van der Waals surface area (Å²) in [5.41, 5.74) is 5.08. The Bertz CT molecular complexity index is 119. The Morgan fingerprint density at radius 2 is 2.45 bits per heavy atom. The lowest BCUT2D eigenvalue weighted by molar-refractivity contribution is -0.445. The molecule has 5 N–H and O–H groups in total. The third kappa shape index (κ3) is 5.74. The molecule has 66 valence electrons. The van der Waals surface area contributed by atoms with E-state index >= 15 is 0 Å². The van der Waals surface area contributed by atoms with Gasteiger partial charge in [0.05, 0.1) is 13.5 Å². The van der Waals surface area contributed by atoms with E-state index in [1.54, 1.807) is 0 Å². The number of nitrogens with one attached hydrogen (secondary N) is 1. The van der Waals surface area contributed by atoms with Gasteiger partial charge in [-0.05, 0) is 0 Å². The molecule has 0 aliphatic carbocycles. The van der Waals surface area contributed by atoms with Crippen LogP contribution in [0.5, 0.6) is 0 Å². The third-order valence-electron chi connectivity index (χ3n) is 1.02. The van der Waals surface area contributed by atoms with Gasteiger partial charge >= 0.3 is 0 Å². The largest absolute Gasteiger partial charge is 0.353 e. The van der Waals surface area contributed by atoms with E-state index < -0.39 is 5.91 Å². The Balaban J connectivity index is 3.35. The molecule has 0 saturated carbocycles. The van der Waals surface area contributed by atoms with Crippen molar-refractivity contribution in [2.24, 2.45) is 0 Å². The van der Waals surface area contributed by atoms with Crippen LogP contribution in [-0.4, -0.2) is 30.9 Å². The van der Waals surface area contributed by atoms with Crippen LogP contribution in [0.3, 0.4) is 0 Å². The van der Waals surface area contributed by atoms with Crippen LogP contribution in [0.4, 0.5) is 0 Å². The van der Waals surface area contributed by atoms with Gasteiger partial charge in [0.15, 0.2) is 0 Å². The molecule has 0 aromatic rings. The van der Waals surface area contributed by atoms with Crippen molar-refractivity contribution in [2.45, 2.75) is 12.5 Å². The highest BCUT2D eigenvalue weighted by Crippen LogP contribution is 1.86. The smallest absolute Gasteiger partial charge is 0.249 e. The number of rotatable bonds is 5. The molecule has 0 radical (unpaired) electrons. The van der Waals surface area contributed by atoms with Gasteiger partial charge in [-0.1, -0.05) is 0 Å². The molecule has 1 atom stereocenters. The molecule has 0 fully saturated rings. The van der Waals surface area contributed by atoms with Crippen LogP contribution in [0.1, 0.15) is 6.42 Å². The van der Waals surface area contributed by atoms with Crippen molar-refractivity contribution in [3.05, 3.63) is 0 Å². The van der Waals surface area contributed by atoms with E-state index in [-0.39, 0.29) is 19.1 Å². The molecular weight excluding hydrogens is 152 g/mol. The number of quaternary nitrogens is 1. The molecule has 1 amide bonds. The summed E-state index contributed by atoms with van der Waals surface area (Å²) in [6.07, 6.45) is 0.111. The lowest BCUT2D eigenvalue weighted by Gasteiger charge is -2.04. The van der Waals surface area contributed by atoms with E-state index in [0.29, 0.717) is 0 Å². The van der Waals surface area contributed by atoms with Crippen LogP contribution in [-0.2, 0) is 14.6 Å². The Labute approximate surface area is 64.2 Å². The fraction of sp³-hybridized carbons (Fsp3) is 0.800. The van der Waals surface area contributed by atoms with E-state index in [2.05, 4.69) is 15.5 Å². The van der Waals surface area contributed by atoms with Gasteiger partial charge in [-0.25, -0.2) is 15.3 Å². The zero-order chi connectivity index (χ0) is 8.69. The van der Waals surface area contributed by atoms with Crippen LogP contribution in [0.15, 0.2) is 0 Å². The average molecular weight is 165 g/mol. The summed E-state index contributed by atoms with van der Waals surface area (Å²) in [5, 5.41) is 8.11. The summed E-state index contributed by atoms with van der Waals surface area (Å²) in [5.74, 6) is -0.482. The zero-order valence-corrected chi connectivity index (χ0v) is 6.37. The number of hydrogen-bond acceptors (Lipinski definition) is 4. The van der Waals surface area contributed by atoms with Crippen LogP contribution in [0.25, 0.3) is 0 Å². The minimum absolute atomic E-state index is 0.111. The minimum Gasteiger partial charge on any atom is -0.353 e. The van der Waals surface area contributed by atoms with Gasteiger partial charge in [-0.3, -0.25) is 10.0 Å². The summed E-state index contributed by atoms with van der Waals surface area (Å²) in [4.78, 5) is 19.3. The summed E-state index contributed by atoms with van der Waals surface area (Å²) in [6.45, 7) is 0.226. The molecule has 0 aromatic carbocycles. The van der Waals surface area contributed by atoms with E-state index in [0.717, 1.165) is 0 Å². The molecule has 0 aliphatic heterocycles. The molecule has 6 heteroatoms. The maximum absolute atomic E-state index is 10.5. The quantitative estimate of drug-likeness (QED) is 0.251. The SMILES string of the molecule is COOC[C@@H]([NH3+])CC(=O)NO. The number of amides is 1. The number of hydroxylamine groups is 1. The second-order valence-corrected chi connectivity index (χ2v) is 2.06. The molecule has 0 saturated heterocycles. The highest BCUT2D eigenvalue weighted by Gasteiger charge is 2.11. The fourth-order valence-electron chi connectivity index (χ4n) is 0.531. The summed E-state index contributed by atoms with van der Waals surface area (Å²) >= 11 is 0. The van der Waals surface area contributed by atoms with Gasteiger partial charge in [0.25, 0.3) is 0 Å². The molecule has 0 aromatic heterocycles. The lowest BCUT2D eigenvalue weighted by atomic mass is 10.2. The van der Waals surface area contributed by atoms with Gasteiger partial charge in [0.2, 0.25) is 5.91 Å². The molecule has 0 aliphatic rings. The monoisotopic (exact) mass is 165 g/mol. The first-order valence-electron chi connectivity index (χ1n) is 3.12. The van der Waals surface area contributed by atoms with E-state index in [4.69, 9.17) is 5.21 Å². The first kappa shape index (κ1) is 10.3. The van der Waals surface area contributed by atoms with Crippen LogP contribution in [0, 0.1) is 0 Å². The Hall–Kier alpha value is -0.690. The molecule has 6 nitrogen and oxygen atoms in total. The second-order valence-electron chi connectivity index (χ2n) is 2.06. The van der Waals surface area contributed by atoms with E-state index in [9.17, 15) is 4.79 Å². The van der Waals surface area contributed by atoms with E-state index in [1.165, 1.54) is 12.6 Å². The maximum atomic E-state index is 10.5. The Morgan fingerprint density at radius 1 is 1.82 bits per heavy atom. The number of carbonyl (C=O) groups excluding carboxylic acids is 1. The van der Waals surface area contributed by atoms with Gasteiger partial charge < -0.3 is 5.73 Å². The molecule has 0 unspecified atom stereocenters. The van der Waals surface area contributed by atoms with Crippen molar-refractivity contribution in [3.63, 3.8) is 0 Å². The van der Waals surface area contributed by atoms with E-state index in [1.807, 2.05) is 0 Å². The number of carbonyl (C=O) groups is 1. The summed E-state index contributed by atoms with van der Waals surface area (Å²) in [6, 6.07) is -0.220. The van der Waals surface area contributed by atoms with Crippen molar-refractivity contribution >= 4 is 5.91 Å². The fourth-order valence-corrected chi connectivity index (χ4v) is 0.531. The molecular formula is C5H13N2O4+. The lowest BCUT2D eigenvalue weighted by Crippen LogP contribution is -2.64. The van der Waals surface area contributed by atoms with Crippen molar-refractivity contribution in [2.75, 3.05) is 13.7 Å². The predicted octanol–water partition coefficient (Wildman–Crippen LogP) is -1.93. The first-order chi connectivity index (χ1) is 5.20. The molecule has 11 heavy (non-hydrogen) atoms. The average Bonchev–Trinajstić information content (AvgIpc) is 2.00. The van der Waals surface area contributed by atoms with Crippen LogP contribution < -0.4 is 11.2 Å². The van der Waals surface area contributed by atoms with Crippen molar-refractivity contribution in [3.8, 4) is 0 Å². The van der Waals surface area contributed by atoms with Gasteiger partial charge in [-0.15, -0.1) is 0 Å². The van der Waals surface area contributed by atoms with Crippen molar-refractivity contribution in [1.82, 2.24) is 5.48 Å². The molecule has 0 bridgehead atoms. The Kier molecular flexibility index (Phi) is 5.67. The zero-order valence-electron chi connectivity index (χ0n) is 6.37. The normalized spacial score (nSPS) is 12.6. The third-order valence-corrected chi connectivity index (χ3v) is 1.02. The Morgan fingerprint density at radius 3 is 2.91 bits per heavy atom. The highest BCUT2D eigenvalue weighted by atomic mass is 17.2. The minimum atomic E-state index is -0.482. The van der Waals surface area contributed by atoms with Gasteiger partial charge in [-0.2, -0.15) is 0 Å². The standard InChI is InChI=1S/C5H12N2O4/c1-10-11-3-4(6)2-5(8)7-9/h4,9H,2-3,6H2,1H3,(H,7,8)/p+1/t4-/m0/s1. The number of hydrogen-bond donors (Lipinski definition) is 3. The second kappa shape index (κ2) is 6.05. The molecule has 0 rings (SSSR count). The first-order valence-corrected chi connectivity index (χ1v) is 3.12. The van der Waals surface area contributed by atoms with Crippen molar-refractivity contribution in [1.29, 1.82) is 0 Å². The molecule has 0 spiro atoms. The topological polar surface area (TPSA) is 95.4 Å². The van der Waals surface area contributed by atoms with Crippen molar-refractivity contribution < 1.29 is 25.5 Å².